The number of halogens is 2. The number of carbonyl (C=O) groups excluding carboxylic acids is 1. The van der Waals surface area contributed by atoms with Crippen molar-refractivity contribution in [1.29, 1.82) is 0 Å². The fourth-order valence-corrected chi connectivity index (χ4v) is 2.33. The summed E-state index contributed by atoms with van der Waals surface area (Å²) in [6.07, 6.45) is 1.25. The molecule has 0 spiro atoms. The number of aromatic carboxylic acids is 1. The summed E-state index contributed by atoms with van der Waals surface area (Å²) < 4.78 is 6.70. The molecule has 0 unspecified atom stereocenters. The average Bonchev–Trinajstić information content (AvgIpc) is 2.84. The van der Waals surface area contributed by atoms with Crippen LogP contribution in [0.15, 0.2) is 24.4 Å². The van der Waals surface area contributed by atoms with E-state index in [1.165, 1.54) is 23.3 Å². The van der Waals surface area contributed by atoms with E-state index in [0.717, 1.165) is 0 Å². The van der Waals surface area contributed by atoms with Crippen LogP contribution in [0.25, 0.3) is 0 Å². The van der Waals surface area contributed by atoms with Crippen molar-refractivity contribution >= 4 is 35.1 Å². The molecule has 3 N–H and O–H groups in total. The summed E-state index contributed by atoms with van der Waals surface area (Å²) in [7, 11) is 1.45. The summed E-state index contributed by atoms with van der Waals surface area (Å²) >= 11 is 11.7. The Bertz CT molecular complexity index is 773. The van der Waals surface area contributed by atoms with Crippen molar-refractivity contribution in [2.75, 3.05) is 0 Å². The number of rotatable bonds is 5. The summed E-state index contributed by atoms with van der Waals surface area (Å²) in [5, 5.41) is 18.7. The van der Waals surface area contributed by atoms with Gasteiger partial charge in [0.15, 0.2) is 11.4 Å². The molecule has 9 heteroatoms. The van der Waals surface area contributed by atoms with Crippen LogP contribution in [0.5, 0.6) is 5.75 Å². The fourth-order valence-electron chi connectivity index (χ4n) is 2.01. The summed E-state index contributed by atoms with van der Waals surface area (Å²) in [6.45, 7) is -0.0348. The molecule has 0 bridgehead atoms. The summed E-state index contributed by atoms with van der Waals surface area (Å²) in [4.78, 5) is 23.0. The Balaban J connectivity index is 2.35. The molecule has 0 fully saturated rings. The first-order valence-electron chi connectivity index (χ1n) is 6.29. The number of nitrogens with one attached hydrogen (secondary N) is 1. The van der Waals surface area contributed by atoms with Gasteiger partial charge in [-0.1, -0.05) is 29.3 Å². The second-order valence-corrected chi connectivity index (χ2v) is 5.43. The van der Waals surface area contributed by atoms with Gasteiger partial charge in [-0.15, -0.1) is 0 Å². The number of amides is 1. The lowest BCUT2D eigenvalue weighted by molar-refractivity contribution is 0.0681. The standard InChI is InChI=1S/C14H12Cl2N2O5/c1-18-5-8(13(19)17-22)12(11(18)14(20)21)23-6-7-2-3-9(15)10(16)4-7/h2-5,22H,6H2,1H3,(H,17,19)(H,20,21). The molecule has 1 aromatic carbocycles. The first-order chi connectivity index (χ1) is 10.8. The van der Waals surface area contributed by atoms with E-state index in [2.05, 4.69) is 0 Å². The topological polar surface area (TPSA) is 101 Å². The number of carboxylic acid groups (broad SMARTS) is 1. The van der Waals surface area contributed by atoms with Crippen molar-refractivity contribution in [1.82, 2.24) is 10.0 Å². The smallest absolute Gasteiger partial charge is 0.356 e. The van der Waals surface area contributed by atoms with E-state index >= 15 is 0 Å². The molecule has 1 amide bonds. The molecule has 0 aliphatic rings. The Labute approximate surface area is 141 Å². The lowest BCUT2D eigenvalue weighted by Crippen LogP contribution is -2.19. The van der Waals surface area contributed by atoms with Gasteiger partial charge in [-0.25, -0.2) is 10.3 Å². The van der Waals surface area contributed by atoms with E-state index in [4.69, 9.17) is 33.1 Å². The minimum absolute atomic E-state index is 0.0348. The van der Waals surface area contributed by atoms with E-state index < -0.39 is 11.9 Å². The van der Waals surface area contributed by atoms with Crippen molar-refractivity contribution in [2.45, 2.75) is 6.61 Å². The minimum Gasteiger partial charge on any atom is -0.486 e. The zero-order chi connectivity index (χ0) is 17.1. The normalized spacial score (nSPS) is 10.4. The SMILES string of the molecule is Cn1cc(C(=O)NO)c(OCc2ccc(Cl)c(Cl)c2)c1C(=O)O. The molecule has 0 aliphatic heterocycles. The molecule has 0 aliphatic carbocycles. The first kappa shape index (κ1) is 17.1. The maximum atomic E-state index is 11.6. The predicted octanol–water partition coefficient (Wildman–Crippen LogP) is 2.73. The quantitative estimate of drug-likeness (QED) is 0.563. The van der Waals surface area contributed by atoms with Gasteiger partial charge in [0, 0.05) is 13.2 Å². The zero-order valence-electron chi connectivity index (χ0n) is 11.8. The van der Waals surface area contributed by atoms with Gasteiger partial charge in [0.2, 0.25) is 0 Å². The molecule has 23 heavy (non-hydrogen) atoms. The molecular weight excluding hydrogens is 347 g/mol. The van der Waals surface area contributed by atoms with Crippen LogP contribution in [-0.4, -0.2) is 26.8 Å². The molecule has 0 radical (unpaired) electrons. The van der Waals surface area contributed by atoms with Crippen LogP contribution in [0.3, 0.4) is 0 Å². The third-order valence-corrected chi connectivity index (χ3v) is 3.79. The lowest BCUT2D eigenvalue weighted by Gasteiger charge is -2.09. The molecule has 2 rings (SSSR count). The predicted molar refractivity (Wildman–Crippen MR) is 82.4 cm³/mol. The van der Waals surface area contributed by atoms with E-state index in [1.54, 1.807) is 18.2 Å². The monoisotopic (exact) mass is 358 g/mol. The first-order valence-corrected chi connectivity index (χ1v) is 7.04. The van der Waals surface area contributed by atoms with E-state index in [-0.39, 0.29) is 23.6 Å². The van der Waals surface area contributed by atoms with Crippen LogP contribution in [0, 0.1) is 0 Å². The van der Waals surface area contributed by atoms with Crippen LogP contribution in [0.1, 0.15) is 26.4 Å². The zero-order valence-corrected chi connectivity index (χ0v) is 13.4. The van der Waals surface area contributed by atoms with Crippen molar-refractivity contribution in [3.05, 3.63) is 51.3 Å². The van der Waals surface area contributed by atoms with Gasteiger partial charge in [0.25, 0.3) is 5.91 Å². The van der Waals surface area contributed by atoms with E-state index in [0.29, 0.717) is 15.6 Å². The van der Waals surface area contributed by atoms with Gasteiger partial charge in [0.05, 0.1) is 10.0 Å². The van der Waals surface area contributed by atoms with Gasteiger partial charge >= 0.3 is 5.97 Å². The number of ether oxygens (including phenoxy) is 1. The number of hydrogen-bond acceptors (Lipinski definition) is 4. The Hall–Kier alpha value is -2.22. The van der Waals surface area contributed by atoms with Crippen molar-refractivity contribution in [3.8, 4) is 5.75 Å². The van der Waals surface area contributed by atoms with Crippen LogP contribution >= 0.6 is 23.2 Å². The number of aryl methyl sites for hydroxylation is 1. The molecular formula is C14H12Cl2N2O5. The van der Waals surface area contributed by atoms with Crippen molar-refractivity contribution in [3.63, 3.8) is 0 Å². The van der Waals surface area contributed by atoms with Crippen LogP contribution in [-0.2, 0) is 13.7 Å². The van der Waals surface area contributed by atoms with Crippen molar-refractivity contribution < 1.29 is 24.6 Å². The molecule has 0 atom stereocenters. The highest BCUT2D eigenvalue weighted by atomic mass is 35.5. The Morgan fingerprint density at radius 3 is 2.57 bits per heavy atom. The molecule has 7 nitrogen and oxygen atoms in total. The fraction of sp³-hybridized carbons (Fsp3) is 0.143. The summed E-state index contributed by atoms with van der Waals surface area (Å²) in [5.41, 5.74) is 1.76. The highest BCUT2D eigenvalue weighted by Gasteiger charge is 2.25. The summed E-state index contributed by atoms with van der Waals surface area (Å²) in [6, 6.07) is 4.80. The third-order valence-electron chi connectivity index (χ3n) is 3.05. The highest BCUT2D eigenvalue weighted by molar-refractivity contribution is 6.42. The molecule has 122 valence electrons. The van der Waals surface area contributed by atoms with Gasteiger partial charge in [-0.3, -0.25) is 10.0 Å². The number of carbonyl (C=O) groups is 2. The van der Waals surface area contributed by atoms with Gasteiger partial charge in [-0.05, 0) is 17.7 Å². The van der Waals surface area contributed by atoms with Gasteiger partial charge in [-0.2, -0.15) is 0 Å². The Morgan fingerprint density at radius 1 is 1.30 bits per heavy atom. The number of nitrogens with zero attached hydrogens (tertiary/aromatic N) is 1. The molecule has 2 aromatic rings. The Morgan fingerprint density at radius 2 is 2.00 bits per heavy atom. The Kier molecular flexibility index (Phi) is 5.15. The number of hydrogen-bond donors (Lipinski definition) is 3. The maximum absolute atomic E-state index is 11.6. The third kappa shape index (κ3) is 3.58. The second-order valence-electron chi connectivity index (χ2n) is 4.61. The minimum atomic E-state index is -1.27. The number of hydroxylamine groups is 1. The van der Waals surface area contributed by atoms with Crippen LogP contribution < -0.4 is 10.2 Å². The van der Waals surface area contributed by atoms with Gasteiger partial charge in [0.1, 0.15) is 12.2 Å². The molecule has 1 heterocycles. The summed E-state index contributed by atoms with van der Waals surface area (Å²) in [5.74, 6) is -2.30. The van der Waals surface area contributed by atoms with E-state index in [9.17, 15) is 14.7 Å². The van der Waals surface area contributed by atoms with Crippen LogP contribution in [0.2, 0.25) is 10.0 Å². The lowest BCUT2D eigenvalue weighted by atomic mass is 10.2. The van der Waals surface area contributed by atoms with Crippen molar-refractivity contribution in [2.24, 2.45) is 7.05 Å². The largest absolute Gasteiger partial charge is 0.486 e. The molecule has 0 saturated carbocycles. The molecule has 1 aromatic heterocycles. The average molecular weight is 359 g/mol. The molecule has 0 saturated heterocycles. The number of carboxylic acids is 1. The van der Waals surface area contributed by atoms with Crippen LogP contribution in [0.4, 0.5) is 0 Å². The van der Waals surface area contributed by atoms with Gasteiger partial charge < -0.3 is 14.4 Å². The maximum Gasteiger partial charge on any atom is 0.356 e. The number of benzene rings is 1. The number of aromatic nitrogens is 1. The van der Waals surface area contributed by atoms with E-state index in [1.807, 2.05) is 0 Å². The highest BCUT2D eigenvalue weighted by Crippen LogP contribution is 2.28. The second kappa shape index (κ2) is 6.91.